The first kappa shape index (κ1) is 20.0. The fourth-order valence-corrected chi connectivity index (χ4v) is 6.78. The van der Waals surface area contributed by atoms with Crippen molar-refractivity contribution in [3.63, 3.8) is 0 Å². The smallest absolute Gasteiger partial charge is 0.313 e. The van der Waals surface area contributed by atoms with E-state index in [1.54, 1.807) is 18.6 Å². The fraction of sp³-hybridized carbons (Fsp3) is 0.727. The molecule has 164 valence electrons. The summed E-state index contributed by atoms with van der Waals surface area (Å²) in [4.78, 5) is 25.2. The highest BCUT2D eigenvalue weighted by atomic mass is 16.6. The van der Waals surface area contributed by atoms with Crippen LogP contribution in [0, 0.1) is 22.7 Å². The van der Waals surface area contributed by atoms with Crippen LogP contribution in [0.2, 0.25) is 0 Å². The second-order valence-corrected chi connectivity index (χ2v) is 9.60. The second-order valence-electron chi connectivity index (χ2n) is 9.60. The van der Waals surface area contributed by atoms with Gasteiger partial charge in [0.05, 0.1) is 42.2 Å². The molecule has 1 aromatic heterocycles. The minimum Gasteiger partial charge on any atom is -0.472 e. The number of fused-ring (bicyclic) bond motifs is 3. The molecule has 2 N–H and O–H groups in total. The van der Waals surface area contributed by atoms with Crippen molar-refractivity contribution in [2.75, 3.05) is 13.2 Å². The molecule has 2 aliphatic carbocycles. The van der Waals surface area contributed by atoms with Gasteiger partial charge in [-0.1, -0.05) is 6.92 Å². The van der Waals surface area contributed by atoms with Gasteiger partial charge >= 0.3 is 11.9 Å². The summed E-state index contributed by atoms with van der Waals surface area (Å²) in [6.45, 7) is 3.61. The van der Waals surface area contributed by atoms with Crippen LogP contribution in [0.4, 0.5) is 0 Å². The molecule has 3 heterocycles. The molecule has 0 aromatic carbocycles. The van der Waals surface area contributed by atoms with Gasteiger partial charge in [-0.25, -0.2) is 0 Å². The number of esters is 2. The zero-order chi connectivity index (χ0) is 21.3. The number of carbonyl (C=O) groups is 2. The molecule has 8 nitrogen and oxygen atoms in total. The van der Waals surface area contributed by atoms with Crippen molar-refractivity contribution in [1.82, 2.24) is 0 Å². The maximum absolute atomic E-state index is 13.5. The molecule has 0 radical (unpaired) electrons. The molecule has 2 spiro atoms. The number of aliphatic hydroxyl groups excluding tert-OH is 2. The second kappa shape index (κ2) is 6.55. The Morgan fingerprint density at radius 3 is 2.70 bits per heavy atom. The van der Waals surface area contributed by atoms with Crippen molar-refractivity contribution in [3.05, 3.63) is 24.2 Å². The lowest BCUT2D eigenvalue weighted by molar-refractivity contribution is -0.230. The van der Waals surface area contributed by atoms with Crippen molar-refractivity contribution in [1.29, 1.82) is 0 Å². The Hall–Kier alpha value is -1.90. The average molecular weight is 420 g/mol. The zero-order valence-electron chi connectivity index (χ0n) is 17.2. The number of rotatable bonds is 3. The van der Waals surface area contributed by atoms with E-state index in [9.17, 15) is 19.8 Å². The quantitative estimate of drug-likeness (QED) is 0.561. The average Bonchev–Trinajstić information content (AvgIpc) is 3.12. The first-order valence-electron chi connectivity index (χ1n) is 10.6. The molecule has 0 amide bonds. The molecule has 4 aliphatic rings. The number of furan rings is 1. The Labute approximate surface area is 174 Å². The highest BCUT2D eigenvalue weighted by molar-refractivity contribution is 5.81. The molecule has 1 aromatic rings. The van der Waals surface area contributed by atoms with Crippen molar-refractivity contribution in [3.8, 4) is 0 Å². The molecular weight excluding hydrogens is 392 g/mol. The van der Waals surface area contributed by atoms with E-state index in [-0.39, 0.29) is 18.5 Å². The predicted octanol–water partition coefficient (Wildman–Crippen LogP) is 1.74. The standard InChI is InChI=1S/C22H28O8/c1-12-5-18(25)22(11-28-13(2)23)17(6-15(24)7-20(22)10-29-20)21(12)8-16(30-19(21)26)14-3-4-27-9-14/h3-4,9,12,15-18,24-25H,5-8,10-11H2,1-2H3/t12-,15-,16-,17+,18+,20+,21-,22+/m0/s1. The Balaban J connectivity index is 1.61. The first-order valence-corrected chi connectivity index (χ1v) is 10.6. The van der Waals surface area contributed by atoms with Crippen molar-refractivity contribution in [2.45, 2.75) is 63.4 Å². The van der Waals surface area contributed by atoms with Gasteiger partial charge in [0.25, 0.3) is 0 Å². The van der Waals surface area contributed by atoms with Gasteiger partial charge in [0.1, 0.15) is 18.3 Å². The van der Waals surface area contributed by atoms with Crippen LogP contribution in [0.3, 0.4) is 0 Å². The number of epoxide rings is 1. The van der Waals surface area contributed by atoms with E-state index >= 15 is 0 Å². The number of hydrogen-bond acceptors (Lipinski definition) is 8. The van der Waals surface area contributed by atoms with Gasteiger partial charge in [-0.3, -0.25) is 9.59 Å². The number of cyclic esters (lactones) is 1. The van der Waals surface area contributed by atoms with E-state index in [4.69, 9.17) is 18.6 Å². The summed E-state index contributed by atoms with van der Waals surface area (Å²) in [6.07, 6.45) is 2.65. The maximum Gasteiger partial charge on any atom is 0.313 e. The number of ether oxygens (including phenoxy) is 3. The first-order chi connectivity index (χ1) is 14.2. The number of aliphatic hydroxyl groups is 2. The molecule has 8 heteroatoms. The minimum atomic E-state index is -0.964. The molecule has 8 atom stereocenters. The van der Waals surface area contributed by atoms with Crippen LogP contribution >= 0.6 is 0 Å². The molecule has 2 saturated heterocycles. The molecule has 4 fully saturated rings. The number of hydrogen-bond donors (Lipinski definition) is 2. The van der Waals surface area contributed by atoms with Crippen LogP contribution < -0.4 is 0 Å². The van der Waals surface area contributed by atoms with Gasteiger partial charge in [-0.15, -0.1) is 0 Å². The van der Waals surface area contributed by atoms with E-state index in [2.05, 4.69) is 0 Å². The molecule has 0 unspecified atom stereocenters. The normalized spacial score (nSPS) is 47.2. The van der Waals surface area contributed by atoms with E-state index in [1.807, 2.05) is 6.92 Å². The third kappa shape index (κ3) is 2.50. The van der Waals surface area contributed by atoms with Crippen molar-refractivity contribution < 1.29 is 38.4 Å². The molecule has 2 saturated carbocycles. The van der Waals surface area contributed by atoms with Crippen LogP contribution in [0.5, 0.6) is 0 Å². The van der Waals surface area contributed by atoms with E-state index < -0.39 is 46.6 Å². The Bertz CT molecular complexity index is 845. The van der Waals surface area contributed by atoms with Crippen LogP contribution in [0.15, 0.2) is 23.0 Å². The summed E-state index contributed by atoms with van der Waals surface area (Å²) in [5.41, 5.74) is -1.89. The monoisotopic (exact) mass is 420 g/mol. The largest absolute Gasteiger partial charge is 0.472 e. The molecule has 30 heavy (non-hydrogen) atoms. The highest BCUT2D eigenvalue weighted by Crippen LogP contribution is 2.70. The van der Waals surface area contributed by atoms with Gasteiger partial charge < -0.3 is 28.8 Å². The van der Waals surface area contributed by atoms with Gasteiger partial charge in [-0.2, -0.15) is 0 Å². The van der Waals surface area contributed by atoms with Crippen molar-refractivity contribution in [2.24, 2.45) is 22.7 Å². The summed E-state index contributed by atoms with van der Waals surface area (Å²) >= 11 is 0. The van der Waals surface area contributed by atoms with E-state index in [0.29, 0.717) is 32.3 Å². The molecular formula is C22H28O8. The van der Waals surface area contributed by atoms with Gasteiger partial charge in [0, 0.05) is 25.3 Å². The topological polar surface area (TPSA) is 119 Å². The summed E-state index contributed by atoms with van der Waals surface area (Å²) in [7, 11) is 0. The van der Waals surface area contributed by atoms with Gasteiger partial charge in [0.15, 0.2) is 0 Å². The lowest BCUT2D eigenvalue weighted by atomic mass is 9.42. The van der Waals surface area contributed by atoms with Crippen LogP contribution in [-0.4, -0.2) is 53.2 Å². The predicted molar refractivity (Wildman–Crippen MR) is 101 cm³/mol. The molecule has 0 bridgehead atoms. The van der Waals surface area contributed by atoms with Gasteiger partial charge in [-0.05, 0) is 30.7 Å². The van der Waals surface area contributed by atoms with Gasteiger partial charge in [0.2, 0.25) is 0 Å². The lowest BCUT2D eigenvalue weighted by Gasteiger charge is -2.61. The zero-order valence-corrected chi connectivity index (χ0v) is 17.2. The lowest BCUT2D eigenvalue weighted by Crippen LogP contribution is -2.69. The summed E-state index contributed by atoms with van der Waals surface area (Å²) in [5.74, 6) is -1.39. The Morgan fingerprint density at radius 2 is 2.07 bits per heavy atom. The SMILES string of the molecule is CC(=O)OC[C@]12[C@H](O)C[C@H](C)[C@@]3(C[C@@H](c4ccoc4)OC3=O)[C@H]1C[C@H](O)C[C@@]21CO1. The summed E-state index contributed by atoms with van der Waals surface area (Å²) < 4.78 is 22.4. The van der Waals surface area contributed by atoms with Crippen LogP contribution in [0.1, 0.15) is 51.2 Å². The van der Waals surface area contributed by atoms with E-state index in [0.717, 1.165) is 5.56 Å². The van der Waals surface area contributed by atoms with E-state index in [1.165, 1.54) is 6.92 Å². The number of carbonyl (C=O) groups excluding carboxylic acids is 2. The van der Waals surface area contributed by atoms with Crippen LogP contribution in [0.25, 0.3) is 0 Å². The third-order valence-corrected chi connectivity index (χ3v) is 8.29. The Kier molecular flexibility index (Phi) is 4.37. The summed E-state index contributed by atoms with van der Waals surface area (Å²) in [6, 6.07) is 1.78. The van der Waals surface area contributed by atoms with Crippen molar-refractivity contribution >= 4 is 11.9 Å². The maximum atomic E-state index is 13.5. The van der Waals surface area contributed by atoms with Crippen LogP contribution in [-0.2, 0) is 23.8 Å². The molecule has 5 rings (SSSR count). The third-order valence-electron chi connectivity index (χ3n) is 8.29. The summed E-state index contributed by atoms with van der Waals surface area (Å²) in [5, 5.41) is 22.1. The highest BCUT2D eigenvalue weighted by Gasteiger charge is 2.78. The Morgan fingerprint density at radius 1 is 1.30 bits per heavy atom. The molecule has 2 aliphatic heterocycles. The minimum absolute atomic E-state index is 0.0426. The fourth-order valence-electron chi connectivity index (χ4n) is 6.78.